The Kier molecular flexibility index (Phi) is 3.72. The number of sulfone groups is 1. The summed E-state index contributed by atoms with van der Waals surface area (Å²) in [6.07, 6.45) is 1.89. The van der Waals surface area contributed by atoms with E-state index >= 15 is 0 Å². The molecule has 0 saturated carbocycles. The van der Waals surface area contributed by atoms with Gasteiger partial charge in [-0.25, -0.2) is 12.9 Å². The molecule has 5 aromatic rings. The topological polar surface area (TPSA) is 85.0 Å². The zero-order valence-corrected chi connectivity index (χ0v) is 17.1. The highest BCUT2D eigenvalue weighted by molar-refractivity contribution is 9.10. The molecule has 0 amide bonds. The summed E-state index contributed by atoms with van der Waals surface area (Å²) in [7, 11) is -1.68. The first-order chi connectivity index (χ1) is 13.4. The van der Waals surface area contributed by atoms with Crippen molar-refractivity contribution in [1.82, 2.24) is 24.1 Å². The first kappa shape index (κ1) is 17.2. The monoisotopic (exact) mass is 455 g/mol. The Labute approximate surface area is 168 Å². The van der Waals surface area contributed by atoms with Crippen LogP contribution in [0.15, 0.2) is 75.4 Å². The molecule has 0 saturated heterocycles. The number of imidazole rings is 1. The van der Waals surface area contributed by atoms with Crippen molar-refractivity contribution < 1.29 is 8.42 Å². The second kappa shape index (κ2) is 6.05. The van der Waals surface area contributed by atoms with E-state index in [4.69, 9.17) is 0 Å². The van der Waals surface area contributed by atoms with E-state index in [1.165, 1.54) is 0 Å². The number of aromatic amines is 1. The van der Waals surface area contributed by atoms with Crippen molar-refractivity contribution in [2.75, 3.05) is 0 Å². The molecular weight excluding hydrogens is 442 g/mol. The van der Waals surface area contributed by atoms with Gasteiger partial charge in [0.05, 0.1) is 16.8 Å². The summed E-state index contributed by atoms with van der Waals surface area (Å²) in [5, 5.41) is 5.28. The first-order valence-corrected chi connectivity index (χ1v) is 10.7. The number of hydrogen-bond donors (Lipinski definition) is 1. The largest absolute Gasteiger partial charge is 0.345 e. The van der Waals surface area contributed by atoms with Crippen LogP contribution in [0.4, 0.5) is 0 Å². The number of halogens is 1. The fraction of sp³-hybridized carbons (Fsp3) is 0.0526. The van der Waals surface area contributed by atoms with Crippen LogP contribution in [0.1, 0.15) is 0 Å². The lowest BCUT2D eigenvalue weighted by molar-refractivity contribution is 0.593. The highest BCUT2D eigenvalue weighted by atomic mass is 79.9. The molecule has 0 bridgehead atoms. The molecule has 0 fully saturated rings. The SMILES string of the molecule is Cn1c(-c2ccc3cc(S(=O)(=O)c4ccccc4)[nH]c3c2)cn2nc(Br)nc12. The molecule has 0 aliphatic carbocycles. The summed E-state index contributed by atoms with van der Waals surface area (Å²) in [5.74, 6) is 0.709. The van der Waals surface area contributed by atoms with E-state index in [0.29, 0.717) is 10.5 Å². The number of hydrogen-bond acceptors (Lipinski definition) is 4. The van der Waals surface area contributed by atoms with Crippen molar-refractivity contribution in [3.8, 4) is 11.3 Å². The van der Waals surface area contributed by atoms with E-state index < -0.39 is 9.84 Å². The van der Waals surface area contributed by atoms with E-state index in [1.54, 1.807) is 40.9 Å². The van der Waals surface area contributed by atoms with E-state index in [-0.39, 0.29) is 9.92 Å². The zero-order chi connectivity index (χ0) is 19.5. The Morgan fingerprint density at radius 1 is 1.07 bits per heavy atom. The summed E-state index contributed by atoms with van der Waals surface area (Å²) in [5.41, 5.74) is 2.61. The van der Waals surface area contributed by atoms with Gasteiger partial charge >= 0.3 is 0 Å². The third-order valence-electron chi connectivity index (χ3n) is 4.73. The van der Waals surface area contributed by atoms with Gasteiger partial charge in [0.25, 0.3) is 0 Å². The Morgan fingerprint density at radius 3 is 2.61 bits per heavy atom. The van der Waals surface area contributed by atoms with E-state index in [1.807, 2.05) is 36.0 Å². The van der Waals surface area contributed by atoms with Gasteiger partial charge in [-0.1, -0.05) is 30.3 Å². The molecular formula is C19H14BrN5O2S. The van der Waals surface area contributed by atoms with Crippen molar-refractivity contribution in [3.05, 3.63) is 65.5 Å². The molecule has 140 valence electrons. The molecule has 9 heteroatoms. The Balaban J connectivity index is 1.62. The third-order valence-corrected chi connectivity index (χ3v) is 6.76. The summed E-state index contributed by atoms with van der Waals surface area (Å²) in [4.78, 5) is 7.66. The number of aryl methyl sites for hydroxylation is 1. The average Bonchev–Trinajstić information content (AvgIpc) is 3.36. The second-order valence-corrected chi connectivity index (χ2v) is 9.08. The fourth-order valence-electron chi connectivity index (χ4n) is 3.31. The van der Waals surface area contributed by atoms with Crippen molar-refractivity contribution >= 4 is 42.4 Å². The van der Waals surface area contributed by atoms with Gasteiger partial charge in [-0.05, 0) is 40.2 Å². The molecule has 5 rings (SSSR count). The molecule has 3 aromatic heterocycles. The molecule has 0 unspecified atom stereocenters. The fourth-order valence-corrected chi connectivity index (χ4v) is 4.94. The second-order valence-electron chi connectivity index (χ2n) is 6.45. The highest BCUT2D eigenvalue weighted by Crippen LogP contribution is 2.29. The number of benzene rings is 2. The van der Waals surface area contributed by atoms with Gasteiger partial charge in [-0.3, -0.25) is 0 Å². The predicted molar refractivity (Wildman–Crippen MR) is 109 cm³/mol. The molecule has 0 aliphatic rings. The number of H-pyrrole nitrogens is 1. The van der Waals surface area contributed by atoms with Crippen molar-refractivity contribution in [3.63, 3.8) is 0 Å². The number of rotatable bonds is 3. The molecule has 7 nitrogen and oxygen atoms in total. The maximum atomic E-state index is 12.9. The lowest BCUT2D eigenvalue weighted by Crippen LogP contribution is -2.01. The quantitative estimate of drug-likeness (QED) is 0.448. The maximum absolute atomic E-state index is 12.9. The van der Waals surface area contributed by atoms with Gasteiger partial charge in [0, 0.05) is 23.5 Å². The summed E-state index contributed by atoms with van der Waals surface area (Å²) in [6.45, 7) is 0. The smallest absolute Gasteiger partial charge is 0.233 e. The lowest BCUT2D eigenvalue weighted by Gasteiger charge is -2.03. The molecule has 0 atom stereocenters. The number of nitrogens with one attached hydrogen (secondary N) is 1. The summed E-state index contributed by atoms with van der Waals surface area (Å²) in [6, 6.07) is 15.9. The molecule has 0 radical (unpaired) electrons. The molecule has 0 aliphatic heterocycles. The lowest BCUT2D eigenvalue weighted by atomic mass is 10.1. The van der Waals surface area contributed by atoms with Crippen LogP contribution in [0, 0.1) is 0 Å². The first-order valence-electron chi connectivity index (χ1n) is 8.44. The molecule has 0 spiro atoms. The van der Waals surface area contributed by atoms with Gasteiger partial charge < -0.3 is 9.55 Å². The minimum Gasteiger partial charge on any atom is -0.345 e. The van der Waals surface area contributed by atoms with Crippen LogP contribution in [0.2, 0.25) is 0 Å². The van der Waals surface area contributed by atoms with Gasteiger partial charge in [-0.15, -0.1) is 5.10 Å². The standard InChI is InChI=1S/C19H14BrN5O2S/c1-24-16(11-25-19(24)22-18(20)23-25)13-8-7-12-10-17(21-15(12)9-13)28(26,27)14-5-3-2-4-6-14/h2-11,21H,1H3. The van der Waals surface area contributed by atoms with Crippen LogP contribution in [0.3, 0.4) is 0 Å². The third kappa shape index (κ3) is 2.58. The number of fused-ring (bicyclic) bond motifs is 2. The van der Waals surface area contributed by atoms with Crippen molar-refractivity contribution in [2.45, 2.75) is 9.92 Å². The predicted octanol–water partition coefficient (Wildman–Crippen LogP) is 3.81. The van der Waals surface area contributed by atoms with E-state index in [2.05, 4.69) is 31.0 Å². The molecule has 2 aromatic carbocycles. The minimum absolute atomic E-state index is 0.179. The van der Waals surface area contributed by atoms with E-state index in [9.17, 15) is 8.42 Å². The number of aromatic nitrogens is 5. The van der Waals surface area contributed by atoms with Crippen LogP contribution >= 0.6 is 15.9 Å². The van der Waals surface area contributed by atoms with Gasteiger partial charge in [-0.2, -0.15) is 4.98 Å². The average molecular weight is 456 g/mol. The Morgan fingerprint density at radius 2 is 1.86 bits per heavy atom. The maximum Gasteiger partial charge on any atom is 0.233 e. The van der Waals surface area contributed by atoms with Crippen LogP contribution in [-0.4, -0.2) is 32.6 Å². The van der Waals surface area contributed by atoms with Crippen LogP contribution in [-0.2, 0) is 16.9 Å². The number of nitrogens with zero attached hydrogens (tertiary/aromatic N) is 4. The van der Waals surface area contributed by atoms with Crippen molar-refractivity contribution in [1.29, 1.82) is 0 Å². The van der Waals surface area contributed by atoms with Crippen molar-refractivity contribution in [2.24, 2.45) is 7.05 Å². The van der Waals surface area contributed by atoms with Crippen LogP contribution in [0.25, 0.3) is 27.9 Å². The van der Waals surface area contributed by atoms with Crippen LogP contribution in [0.5, 0.6) is 0 Å². The molecule has 1 N–H and O–H groups in total. The molecule has 28 heavy (non-hydrogen) atoms. The normalized spacial score (nSPS) is 12.2. The Hall–Kier alpha value is -2.91. The Bertz CT molecular complexity index is 1450. The highest BCUT2D eigenvalue weighted by Gasteiger charge is 2.20. The minimum atomic E-state index is -3.59. The zero-order valence-electron chi connectivity index (χ0n) is 14.7. The van der Waals surface area contributed by atoms with E-state index in [0.717, 1.165) is 22.2 Å². The molecule has 3 heterocycles. The summed E-state index contributed by atoms with van der Waals surface area (Å²) >= 11 is 3.27. The van der Waals surface area contributed by atoms with Gasteiger partial charge in [0.1, 0.15) is 5.03 Å². The summed E-state index contributed by atoms with van der Waals surface area (Å²) < 4.78 is 29.9. The van der Waals surface area contributed by atoms with Gasteiger partial charge in [0.15, 0.2) is 0 Å². The van der Waals surface area contributed by atoms with Gasteiger partial charge in [0.2, 0.25) is 20.3 Å². The van der Waals surface area contributed by atoms with Crippen LogP contribution < -0.4 is 0 Å².